The van der Waals surface area contributed by atoms with Crippen molar-refractivity contribution in [3.8, 4) is 5.69 Å². The summed E-state index contributed by atoms with van der Waals surface area (Å²) in [6.07, 6.45) is 0. The summed E-state index contributed by atoms with van der Waals surface area (Å²) in [5, 5.41) is 9.78. The van der Waals surface area contributed by atoms with Gasteiger partial charge in [0.1, 0.15) is 0 Å². The number of pyridine rings is 1. The highest BCUT2D eigenvalue weighted by Gasteiger charge is 2.30. The molecule has 3 aromatic heterocycles. The van der Waals surface area contributed by atoms with Gasteiger partial charge in [-0.25, -0.2) is 0 Å². The second kappa shape index (κ2) is 10.3. The van der Waals surface area contributed by atoms with E-state index in [0.29, 0.717) is 0 Å². The number of benzene rings is 7. The van der Waals surface area contributed by atoms with Crippen molar-refractivity contribution >= 4 is 83.0 Å². The topological polar surface area (TPSA) is 26.4 Å². The SMILES string of the molecule is O=P(c1ccccc1)(c1ccccc1)c1cccc(-n2c3ccccc3c3ccc4c(cc5c6ccccc6c6ccccc6n54)c32)c1. The quantitative estimate of drug-likeness (QED) is 0.140. The second-order valence-corrected chi connectivity index (χ2v) is 15.2. The molecular formula is C44H29N2OP. The van der Waals surface area contributed by atoms with Crippen LogP contribution in [0.25, 0.3) is 65.6 Å². The predicted molar refractivity (Wildman–Crippen MR) is 204 cm³/mol. The first kappa shape index (κ1) is 27.2. The van der Waals surface area contributed by atoms with E-state index < -0.39 is 7.14 Å². The van der Waals surface area contributed by atoms with Crippen molar-refractivity contribution in [1.82, 2.24) is 8.97 Å². The van der Waals surface area contributed by atoms with Crippen LogP contribution in [0.15, 0.2) is 176 Å². The number of hydrogen-bond acceptors (Lipinski definition) is 1. The summed E-state index contributed by atoms with van der Waals surface area (Å²) in [6, 6.07) is 61.2. The Kier molecular flexibility index (Phi) is 5.85. The number of nitrogens with zero attached hydrogens (tertiary/aromatic N) is 2. The van der Waals surface area contributed by atoms with E-state index in [1.54, 1.807) is 0 Å². The fourth-order valence-electron chi connectivity index (χ4n) is 7.86. The van der Waals surface area contributed by atoms with E-state index in [0.717, 1.165) is 32.6 Å². The predicted octanol–water partition coefficient (Wildman–Crippen LogP) is 10.1. The first-order valence-electron chi connectivity index (χ1n) is 16.3. The minimum atomic E-state index is -3.17. The Bertz CT molecular complexity index is 2880. The molecule has 7 aromatic carbocycles. The Labute approximate surface area is 277 Å². The van der Waals surface area contributed by atoms with Gasteiger partial charge in [-0.3, -0.25) is 0 Å². The maximum atomic E-state index is 15.4. The van der Waals surface area contributed by atoms with Crippen molar-refractivity contribution in [2.75, 3.05) is 0 Å². The van der Waals surface area contributed by atoms with E-state index in [9.17, 15) is 0 Å². The van der Waals surface area contributed by atoms with Gasteiger partial charge in [0.15, 0.2) is 7.14 Å². The van der Waals surface area contributed by atoms with Gasteiger partial charge in [0.25, 0.3) is 0 Å². The number of hydrogen-bond donors (Lipinski definition) is 0. The maximum absolute atomic E-state index is 15.4. The fraction of sp³-hybridized carbons (Fsp3) is 0. The summed E-state index contributed by atoms with van der Waals surface area (Å²) in [7, 11) is -3.17. The summed E-state index contributed by atoms with van der Waals surface area (Å²) < 4.78 is 20.2. The van der Waals surface area contributed by atoms with Crippen LogP contribution in [0.2, 0.25) is 0 Å². The van der Waals surface area contributed by atoms with Crippen LogP contribution in [0.5, 0.6) is 0 Å². The minimum absolute atomic E-state index is 0.814. The van der Waals surface area contributed by atoms with Crippen LogP contribution in [-0.4, -0.2) is 8.97 Å². The van der Waals surface area contributed by atoms with E-state index in [1.807, 2.05) is 66.7 Å². The molecule has 0 aliphatic heterocycles. The molecule has 48 heavy (non-hydrogen) atoms. The van der Waals surface area contributed by atoms with Crippen LogP contribution in [0.3, 0.4) is 0 Å². The lowest BCUT2D eigenvalue weighted by molar-refractivity contribution is 0.592. The van der Waals surface area contributed by atoms with Crippen molar-refractivity contribution < 1.29 is 4.57 Å². The van der Waals surface area contributed by atoms with Gasteiger partial charge in [-0.1, -0.05) is 140 Å². The monoisotopic (exact) mass is 632 g/mol. The summed E-state index contributed by atoms with van der Waals surface area (Å²) in [6.45, 7) is 0. The van der Waals surface area contributed by atoms with Crippen molar-refractivity contribution in [2.24, 2.45) is 0 Å². The highest BCUT2D eigenvalue weighted by Crippen LogP contribution is 2.44. The molecule has 3 nitrogen and oxygen atoms in total. The Morgan fingerprint density at radius 3 is 1.56 bits per heavy atom. The molecular weight excluding hydrogens is 603 g/mol. The Balaban J connectivity index is 1.33. The molecule has 0 bridgehead atoms. The Hall–Kier alpha value is -5.89. The van der Waals surface area contributed by atoms with Crippen LogP contribution < -0.4 is 15.9 Å². The van der Waals surface area contributed by atoms with Gasteiger partial charge in [-0.15, -0.1) is 0 Å². The minimum Gasteiger partial charge on any atom is -0.309 e. The molecule has 0 N–H and O–H groups in total. The molecule has 0 amide bonds. The number of para-hydroxylation sites is 2. The van der Waals surface area contributed by atoms with Crippen molar-refractivity contribution in [1.29, 1.82) is 0 Å². The molecule has 0 radical (unpaired) electrons. The van der Waals surface area contributed by atoms with E-state index in [-0.39, 0.29) is 0 Å². The van der Waals surface area contributed by atoms with Gasteiger partial charge in [0.2, 0.25) is 0 Å². The molecule has 0 atom stereocenters. The van der Waals surface area contributed by atoms with Crippen LogP contribution in [0, 0.1) is 0 Å². The molecule has 226 valence electrons. The summed E-state index contributed by atoms with van der Waals surface area (Å²) in [5.74, 6) is 0. The van der Waals surface area contributed by atoms with Crippen molar-refractivity contribution in [2.45, 2.75) is 0 Å². The highest BCUT2D eigenvalue weighted by atomic mass is 31.2. The zero-order valence-electron chi connectivity index (χ0n) is 26.0. The lowest BCUT2D eigenvalue weighted by Crippen LogP contribution is -2.25. The average molecular weight is 633 g/mol. The molecule has 0 fully saturated rings. The van der Waals surface area contributed by atoms with Gasteiger partial charge in [0.05, 0.1) is 27.6 Å². The van der Waals surface area contributed by atoms with Crippen LogP contribution in [0.4, 0.5) is 0 Å². The van der Waals surface area contributed by atoms with Gasteiger partial charge in [0, 0.05) is 48.5 Å². The first-order chi connectivity index (χ1) is 23.7. The van der Waals surface area contributed by atoms with Crippen LogP contribution >= 0.6 is 7.14 Å². The lowest BCUT2D eigenvalue weighted by atomic mass is 10.1. The van der Waals surface area contributed by atoms with Gasteiger partial charge >= 0.3 is 0 Å². The molecule has 0 aliphatic rings. The van der Waals surface area contributed by atoms with Gasteiger partial charge in [-0.05, 0) is 41.8 Å². The standard InChI is InChI=1S/C44H29N2OP/c47-48(31-15-3-1-4-16-31,32-17-5-2-6-18-32)33-19-13-14-30(28-33)45-40-24-11-10-23-37(40)38-26-27-42-39(44(38)45)29-43-36-22-8-7-20-34(36)35-21-9-12-25-41(35)46(42)43/h1-29H. The zero-order chi connectivity index (χ0) is 31.8. The Morgan fingerprint density at radius 1 is 0.354 bits per heavy atom. The number of fused-ring (bicyclic) bond motifs is 12. The van der Waals surface area contributed by atoms with E-state index in [2.05, 4.69) is 118 Å². The summed E-state index contributed by atoms with van der Waals surface area (Å²) in [4.78, 5) is 0. The third-order valence-corrected chi connectivity index (χ3v) is 13.0. The molecule has 0 saturated carbocycles. The number of aromatic nitrogens is 2. The zero-order valence-corrected chi connectivity index (χ0v) is 26.9. The van der Waals surface area contributed by atoms with Crippen molar-refractivity contribution in [3.63, 3.8) is 0 Å². The van der Waals surface area contributed by atoms with E-state index in [4.69, 9.17) is 0 Å². The third kappa shape index (κ3) is 3.74. The lowest BCUT2D eigenvalue weighted by Gasteiger charge is -2.21. The first-order valence-corrected chi connectivity index (χ1v) is 18.0. The third-order valence-electron chi connectivity index (χ3n) is 9.94. The van der Waals surface area contributed by atoms with Crippen LogP contribution in [-0.2, 0) is 4.57 Å². The number of rotatable bonds is 4. The molecule has 4 heteroatoms. The normalized spacial score (nSPS) is 12.2. The van der Waals surface area contributed by atoms with Crippen LogP contribution in [0.1, 0.15) is 0 Å². The largest absolute Gasteiger partial charge is 0.309 e. The van der Waals surface area contributed by atoms with Gasteiger partial charge in [-0.2, -0.15) is 0 Å². The molecule has 10 rings (SSSR count). The molecule has 0 aliphatic carbocycles. The second-order valence-electron chi connectivity index (χ2n) is 12.5. The molecule has 10 aromatic rings. The van der Waals surface area contributed by atoms with E-state index >= 15 is 4.57 Å². The Morgan fingerprint density at radius 2 is 0.875 bits per heavy atom. The van der Waals surface area contributed by atoms with E-state index in [1.165, 1.54) is 48.9 Å². The maximum Gasteiger partial charge on any atom is 0.171 e. The molecule has 3 heterocycles. The molecule has 0 saturated heterocycles. The average Bonchev–Trinajstić information content (AvgIpc) is 3.72. The summed E-state index contributed by atoms with van der Waals surface area (Å²) in [5.41, 5.74) is 6.81. The van der Waals surface area contributed by atoms with Crippen molar-refractivity contribution in [3.05, 3.63) is 176 Å². The smallest absolute Gasteiger partial charge is 0.171 e. The fourth-order valence-corrected chi connectivity index (χ4v) is 10.5. The molecule has 0 unspecified atom stereocenters. The highest BCUT2D eigenvalue weighted by molar-refractivity contribution is 7.85. The molecule has 0 spiro atoms. The van der Waals surface area contributed by atoms with Gasteiger partial charge < -0.3 is 13.5 Å². The summed E-state index contributed by atoms with van der Waals surface area (Å²) >= 11 is 0.